The minimum absolute atomic E-state index is 0. The largest absolute Gasteiger partial charge is 3.00 e. The molecule has 0 saturated heterocycles. The van der Waals surface area contributed by atoms with Crippen molar-refractivity contribution in [1.29, 1.82) is 0 Å². The molecule has 0 unspecified atom stereocenters. The maximum absolute atomic E-state index is 2.43. The van der Waals surface area contributed by atoms with Crippen molar-refractivity contribution in [3.63, 3.8) is 0 Å². The van der Waals surface area contributed by atoms with Crippen molar-refractivity contribution < 1.29 is 168 Å². The van der Waals surface area contributed by atoms with Gasteiger partial charge in [0, 0.05) is 53.4 Å². The van der Waals surface area contributed by atoms with E-state index in [1.54, 1.807) is 65.3 Å². The van der Waals surface area contributed by atoms with Crippen molar-refractivity contribution in [1.82, 2.24) is 0 Å². The van der Waals surface area contributed by atoms with Crippen molar-refractivity contribution in [3.8, 4) is 0 Å². The molecule has 0 fully saturated rings. The van der Waals surface area contributed by atoms with Gasteiger partial charge in [-0.15, -0.1) is 0 Å². The average Bonchev–Trinajstić information content (AvgIpc) is 3.69. The molecule has 0 heterocycles. The molecule has 5 rings (SSSR count). The van der Waals surface area contributed by atoms with Crippen molar-refractivity contribution in [2.45, 2.75) is 224 Å². The van der Waals surface area contributed by atoms with E-state index in [4.69, 9.17) is 0 Å². The fourth-order valence-electron chi connectivity index (χ4n) is 10.8. The first-order valence-electron chi connectivity index (χ1n) is 23.8. The standard InChI is InChI=1S/4C12H21Si.C10H15.W.4Y.11H/c4*1-8-9(2)11(4)12(10(8)3)13(5,6)7;1-6-7(2)9(4)10(5)8(6)3;;;;;;;;;;;;;;;;/h4*1-7H3;1-5H3;;;;;;;;;;;;;;;;/q5*-1;;4*+3;11*-1. The minimum atomic E-state index is -1.13. The first kappa shape index (κ1) is 78.6. The molecule has 0 aliphatic rings. The van der Waals surface area contributed by atoms with Gasteiger partial charge in [-0.2, -0.15) is 138 Å². The van der Waals surface area contributed by atoms with Crippen LogP contribution in [0.15, 0.2) is 0 Å². The Bertz CT molecular complexity index is 1930. The number of hydrogen-bond acceptors (Lipinski definition) is 0. The monoisotopic (exact) mass is 1460 g/mol. The molecule has 9 heteroatoms. The molecule has 0 saturated carbocycles. The Morgan fingerprint density at radius 3 is 0.358 bits per heavy atom. The molecule has 67 heavy (non-hydrogen) atoms. The van der Waals surface area contributed by atoms with E-state index in [9.17, 15) is 0 Å². The van der Waals surface area contributed by atoms with Crippen LogP contribution in [-0.4, -0.2) is 32.3 Å². The molecule has 0 spiro atoms. The Hall–Kier alpha value is 2.72. The van der Waals surface area contributed by atoms with Crippen molar-refractivity contribution >= 4 is 53.0 Å². The van der Waals surface area contributed by atoms with E-state index >= 15 is 0 Å². The summed E-state index contributed by atoms with van der Waals surface area (Å²) in [4.78, 5) is 0. The van der Waals surface area contributed by atoms with Gasteiger partial charge in [-0.25, -0.2) is 0 Å². The zero-order chi connectivity index (χ0) is 49.4. The Balaban J connectivity index is -0.0000000419. The van der Waals surface area contributed by atoms with Crippen molar-refractivity contribution in [2.24, 2.45) is 0 Å². The smallest absolute Gasteiger partial charge is 1.00 e. The van der Waals surface area contributed by atoms with Crippen LogP contribution in [0.2, 0.25) is 78.6 Å². The van der Waals surface area contributed by atoms with Gasteiger partial charge in [-0.05, 0) is 0 Å². The molecule has 0 radical (unpaired) electrons. The molecule has 0 nitrogen and oxygen atoms in total. The molecule has 0 bridgehead atoms. The summed E-state index contributed by atoms with van der Waals surface area (Å²) in [5.41, 5.74) is 31.8. The second kappa shape index (κ2) is 30.5. The van der Waals surface area contributed by atoms with Gasteiger partial charge in [0.15, 0.2) is 0 Å². The Morgan fingerprint density at radius 1 is 0.224 bits per heavy atom. The molecular weight excluding hydrogens is 1350 g/mol. The van der Waals surface area contributed by atoms with Crippen LogP contribution >= 0.6 is 0 Å². The van der Waals surface area contributed by atoms with Gasteiger partial charge in [-0.1, -0.05) is 224 Å². The fourth-order valence-corrected chi connectivity index (χ4v) is 21.3. The van der Waals surface area contributed by atoms with E-state index < -0.39 is 32.3 Å². The summed E-state index contributed by atoms with van der Waals surface area (Å²) in [5.74, 6) is 0. The van der Waals surface area contributed by atoms with Crippen LogP contribution in [0, 0.1) is 145 Å². The van der Waals surface area contributed by atoms with E-state index in [0.29, 0.717) is 0 Å². The maximum atomic E-state index is 2.43. The molecule has 0 aromatic heterocycles. The summed E-state index contributed by atoms with van der Waals surface area (Å²) in [6.07, 6.45) is 0. The Labute approximate surface area is 553 Å². The molecule has 0 aliphatic heterocycles. The second-order valence-electron chi connectivity index (χ2n) is 23.6. The minimum Gasteiger partial charge on any atom is -1.00 e. The molecule has 0 amide bonds. The van der Waals surface area contributed by atoms with Gasteiger partial charge in [-0.3, -0.25) is 0 Å². The van der Waals surface area contributed by atoms with Gasteiger partial charge in [0.05, 0.1) is 0 Å². The maximum Gasteiger partial charge on any atom is 3.00 e. The van der Waals surface area contributed by atoms with Crippen LogP contribution in [0.5, 0.6) is 0 Å². The van der Waals surface area contributed by atoms with Gasteiger partial charge in [0.1, 0.15) is 0 Å². The summed E-state index contributed by atoms with van der Waals surface area (Å²) in [6.45, 7) is 76.4. The summed E-state index contributed by atoms with van der Waals surface area (Å²) in [5, 5.41) is 6.73. The first-order valence-corrected chi connectivity index (χ1v) is 37.8. The third-order valence-corrected chi connectivity index (χ3v) is 24.6. The van der Waals surface area contributed by atoms with Gasteiger partial charge in [0.2, 0.25) is 0 Å². The normalized spacial score (nSPS) is 11.1. The summed E-state index contributed by atoms with van der Waals surface area (Å²) >= 11 is 0. The second-order valence-corrected chi connectivity index (χ2v) is 43.6. The first-order chi connectivity index (χ1) is 27.6. The van der Waals surface area contributed by atoms with E-state index in [1.807, 2.05) is 0 Å². The van der Waals surface area contributed by atoms with Gasteiger partial charge in [0.25, 0.3) is 0 Å². The molecule has 5 aromatic rings. The van der Waals surface area contributed by atoms with Crippen LogP contribution in [0.1, 0.15) is 133 Å². The Kier molecular flexibility index (Phi) is 35.7. The third kappa shape index (κ3) is 19.1. The van der Waals surface area contributed by atoms with Crippen LogP contribution in [0.3, 0.4) is 0 Å². The molecular formula is C58H110Si4WY4-4. The molecule has 0 aliphatic carbocycles. The van der Waals surface area contributed by atoms with E-state index in [0.717, 1.165) is 0 Å². The van der Waals surface area contributed by atoms with Crippen molar-refractivity contribution in [2.75, 3.05) is 0 Å². The van der Waals surface area contributed by atoms with Crippen LogP contribution in [-0.2, 0) is 152 Å². The van der Waals surface area contributed by atoms with Crippen molar-refractivity contribution in [3.05, 3.63) is 117 Å². The topological polar surface area (TPSA) is 0 Å². The molecule has 5 aromatic carbocycles. The summed E-state index contributed by atoms with van der Waals surface area (Å²) in [7, 11) is -4.53. The predicted molar refractivity (Wildman–Crippen MR) is 314 cm³/mol. The fraction of sp³-hybridized carbons (Fsp3) is 0.569. The molecule has 0 N–H and O–H groups in total. The average molecular weight is 1460 g/mol. The zero-order valence-corrected chi connectivity index (χ0v) is 68.5. The molecule has 380 valence electrons. The van der Waals surface area contributed by atoms with E-state index in [-0.39, 0.29) is 168 Å². The number of rotatable bonds is 4. The summed E-state index contributed by atoms with van der Waals surface area (Å²) in [6, 6.07) is 0. The van der Waals surface area contributed by atoms with Gasteiger partial charge < -0.3 is 15.7 Å². The predicted octanol–water partition coefficient (Wildman–Crippen LogP) is 16.9. The third-order valence-electron chi connectivity index (χ3n) is 15.6. The number of hydrogen-bond donors (Lipinski definition) is 0. The van der Waals surface area contributed by atoms with E-state index in [2.05, 4.69) is 224 Å². The SMILES string of the molecule is Cc1c(C)c(C)[c-](C)c1C.Cc1c(C)c(C)[c-]([Si](C)(C)C)c1C.Cc1c(C)c(C)[c-]([Si](C)(C)C)c1C.Cc1c(C)c(C)[c-]([Si](C)(C)C)c1C.Cc1c(C)c(C)[c-]([Si](C)(C)C)c1C.[H-].[H-].[H-].[H-].[H-].[H-].[H-].[H-].[H-].[H-].[H-].[W].[Y+3].[Y+3].[Y+3].[Y+3]. The van der Waals surface area contributed by atoms with E-state index in [1.165, 1.54) is 72.3 Å². The molecule has 0 atom stereocenters. The van der Waals surface area contributed by atoms with Crippen LogP contribution in [0.4, 0.5) is 0 Å². The van der Waals surface area contributed by atoms with Crippen LogP contribution < -0.4 is 20.7 Å². The summed E-state index contributed by atoms with van der Waals surface area (Å²) < 4.78 is 0. The van der Waals surface area contributed by atoms with Crippen LogP contribution in [0.25, 0.3) is 0 Å². The zero-order valence-electron chi connectivity index (χ0n) is 61.2. The quantitative estimate of drug-likeness (QED) is 0.124. The Morgan fingerprint density at radius 2 is 0.313 bits per heavy atom. The van der Waals surface area contributed by atoms with Gasteiger partial charge >= 0.3 is 131 Å².